The van der Waals surface area contributed by atoms with Gasteiger partial charge in [0.15, 0.2) is 0 Å². The van der Waals surface area contributed by atoms with Crippen molar-refractivity contribution in [2.75, 3.05) is 11.9 Å². The van der Waals surface area contributed by atoms with Crippen LogP contribution in [-0.4, -0.2) is 34.8 Å². The number of benzene rings is 1. The fourth-order valence-corrected chi connectivity index (χ4v) is 4.55. The molecule has 0 amide bonds. The summed E-state index contributed by atoms with van der Waals surface area (Å²) in [6.45, 7) is 1.67. The summed E-state index contributed by atoms with van der Waals surface area (Å²) in [4.78, 5) is 16.7. The molecule has 0 bridgehead atoms. The van der Waals surface area contributed by atoms with Gasteiger partial charge in [-0.15, -0.1) is 0 Å². The minimum atomic E-state index is -4.46. The molecule has 1 N–H and O–H groups in total. The Balaban J connectivity index is 1.46. The van der Waals surface area contributed by atoms with E-state index < -0.39 is 29.2 Å². The SMILES string of the molecule is CC(Cc1ccc2c(c1)OC1(CC2)CC(N(C)c2ncccc2C(F)(F)F)C1)C(=O)O. The first-order valence-corrected chi connectivity index (χ1v) is 10.4. The standard InChI is InChI=1S/C23H25F3N2O3/c1-14(21(29)30)10-15-5-6-16-7-8-22(31-19(16)11-15)12-17(13-22)28(2)20-18(23(24,25)26)4-3-9-27-20/h3-6,9,11,14,17H,7-8,10,12-13H2,1-2H3,(H,29,30). The summed E-state index contributed by atoms with van der Waals surface area (Å²) in [6.07, 6.45) is 0.219. The number of fused-ring (bicyclic) bond motifs is 1. The summed E-state index contributed by atoms with van der Waals surface area (Å²) in [5.41, 5.74) is 0.863. The molecule has 8 heteroatoms. The van der Waals surface area contributed by atoms with E-state index in [2.05, 4.69) is 4.98 Å². The third-order valence-electron chi connectivity index (χ3n) is 6.46. The number of aromatic nitrogens is 1. The maximum absolute atomic E-state index is 13.4. The van der Waals surface area contributed by atoms with Crippen molar-refractivity contribution >= 4 is 11.8 Å². The zero-order chi connectivity index (χ0) is 22.4. The third-order valence-corrected chi connectivity index (χ3v) is 6.46. The molecule has 1 aliphatic heterocycles. The van der Waals surface area contributed by atoms with Crippen molar-refractivity contribution in [3.8, 4) is 5.75 Å². The monoisotopic (exact) mass is 434 g/mol. The molecular weight excluding hydrogens is 409 g/mol. The molecule has 166 valence electrons. The Hall–Kier alpha value is -2.77. The van der Waals surface area contributed by atoms with Crippen LogP contribution in [0.3, 0.4) is 0 Å². The van der Waals surface area contributed by atoms with Crippen LogP contribution >= 0.6 is 0 Å². The number of halogens is 3. The number of nitrogens with zero attached hydrogens (tertiary/aromatic N) is 2. The van der Waals surface area contributed by atoms with Crippen molar-refractivity contribution in [3.05, 3.63) is 53.2 Å². The number of hydrogen-bond acceptors (Lipinski definition) is 4. The lowest BCUT2D eigenvalue weighted by atomic mass is 9.70. The van der Waals surface area contributed by atoms with Crippen LogP contribution in [0, 0.1) is 5.92 Å². The average molecular weight is 434 g/mol. The van der Waals surface area contributed by atoms with Crippen molar-refractivity contribution in [3.63, 3.8) is 0 Å². The molecule has 1 aliphatic carbocycles. The second kappa shape index (κ2) is 7.73. The van der Waals surface area contributed by atoms with E-state index in [-0.39, 0.29) is 11.9 Å². The first kappa shape index (κ1) is 21.5. The molecule has 31 heavy (non-hydrogen) atoms. The van der Waals surface area contributed by atoms with Crippen LogP contribution in [0.4, 0.5) is 19.0 Å². The van der Waals surface area contributed by atoms with Gasteiger partial charge in [0.05, 0.1) is 11.5 Å². The summed E-state index contributed by atoms with van der Waals surface area (Å²) in [5, 5.41) is 9.15. The van der Waals surface area contributed by atoms with Crippen LogP contribution in [0.15, 0.2) is 36.5 Å². The van der Waals surface area contributed by atoms with E-state index in [0.717, 1.165) is 35.8 Å². The van der Waals surface area contributed by atoms with Crippen molar-refractivity contribution in [2.45, 2.75) is 56.8 Å². The van der Waals surface area contributed by atoms with Crippen molar-refractivity contribution in [1.82, 2.24) is 4.98 Å². The van der Waals surface area contributed by atoms with Crippen molar-refractivity contribution in [2.24, 2.45) is 5.92 Å². The van der Waals surface area contributed by atoms with Crippen LogP contribution in [0.2, 0.25) is 0 Å². The number of anilines is 1. The fraction of sp³-hybridized carbons (Fsp3) is 0.478. The minimum Gasteiger partial charge on any atom is -0.487 e. The van der Waals surface area contributed by atoms with Crippen molar-refractivity contribution in [1.29, 1.82) is 0 Å². The summed E-state index contributed by atoms with van der Waals surface area (Å²) in [5.74, 6) is -0.626. The van der Waals surface area contributed by atoms with Crippen molar-refractivity contribution < 1.29 is 27.8 Å². The highest BCUT2D eigenvalue weighted by atomic mass is 19.4. The molecule has 0 saturated heterocycles. The molecule has 1 unspecified atom stereocenters. The lowest BCUT2D eigenvalue weighted by Crippen LogP contribution is -2.59. The molecule has 0 radical (unpaired) electrons. The van der Waals surface area contributed by atoms with E-state index in [0.29, 0.717) is 19.3 Å². The van der Waals surface area contributed by atoms with Crippen LogP contribution in [0.25, 0.3) is 0 Å². The number of alkyl halides is 3. The highest BCUT2D eigenvalue weighted by molar-refractivity contribution is 5.70. The van der Waals surface area contributed by atoms with Gasteiger partial charge in [-0.3, -0.25) is 4.79 Å². The number of carboxylic acid groups (broad SMARTS) is 1. The molecule has 1 spiro atoms. The molecule has 2 aromatic rings. The summed E-state index contributed by atoms with van der Waals surface area (Å²) in [7, 11) is 1.65. The van der Waals surface area contributed by atoms with Crippen LogP contribution in [0.5, 0.6) is 5.75 Å². The Labute approximate surface area is 178 Å². The number of aryl methyl sites for hydroxylation is 1. The van der Waals surface area contributed by atoms with Gasteiger partial charge in [0.2, 0.25) is 0 Å². The number of carbonyl (C=O) groups is 1. The zero-order valence-electron chi connectivity index (χ0n) is 17.4. The normalized spacial score (nSPS) is 23.5. The first-order chi connectivity index (χ1) is 14.6. The van der Waals surface area contributed by atoms with Gasteiger partial charge in [-0.05, 0) is 48.6 Å². The summed E-state index contributed by atoms with van der Waals surface area (Å²) in [6, 6.07) is 8.10. The Kier molecular flexibility index (Phi) is 5.35. The molecular formula is C23H25F3N2O3. The quantitative estimate of drug-likeness (QED) is 0.738. The van der Waals surface area contributed by atoms with E-state index in [1.54, 1.807) is 18.9 Å². The molecule has 1 saturated carbocycles. The lowest BCUT2D eigenvalue weighted by Gasteiger charge is -2.53. The maximum Gasteiger partial charge on any atom is 0.419 e. The molecule has 2 aliphatic rings. The number of aliphatic carboxylic acids is 1. The predicted molar refractivity (Wildman–Crippen MR) is 109 cm³/mol. The molecule has 1 fully saturated rings. The highest BCUT2D eigenvalue weighted by Gasteiger charge is 2.50. The number of pyridine rings is 1. The maximum atomic E-state index is 13.4. The fourth-order valence-electron chi connectivity index (χ4n) is 4.55. The van der Waals surface area contributed by atoms with Crippen LogP contribution in [0.1, 0.15) is 42.9 Å². The molecule has 1 aromatic carbocycles. The van der Waals surface area contributed by atoms with Gasteiger partial charge in [-0.1, -0.05) is 19.1 Å². The number of hydrogen-bond donors (Lipinski definition) is 1. The number of carboxylic acids is 1. The lowest BCUT2D eigenvalue weighted by molar-refractivity contribution is -0.141. The molecule has 2 heterocycles. The second-order valence-corrected chi connectivity index (χ2v) is 8.72. The van der Waals surface area contributed by atoms with E-state index >= 15 is 0 Å². The Morgan fingerprint density at radius 3 is 2.77 bits per heavy atom. The van der Waals surface area contributed by atoms with Gasteiger partial charge < -0.3 is 14.7 Å². The van der Waals surface area contributed by atoms with Gasteiger partial charge >= 0.3 is 12.1 Å². The van der Waals surface area contributed by atoms with E-state index in [1.165, 1.54) is 12.3 Å². The molecule has 5 nitrogen and oxygen atoms in total. The number of rotatable bonds is 5. The minimum absolute atomic E-state index is 0.0593. The predicted octanol–water partition coefficient (Wildman–Crippen LogP) is 4.73. The Morgan fingerprint density at radius 1 is 1.35 bits per heavy atom. The topological polar surface area (TPSA) is 62.7 Å². The number of ether oxygens (including phenoxy) is 1. The molecule has 1 atom stereocenters. The van der Waals surface area contributed by atoms with E-state index in [4.69, 9.17) is 9.84 Å². The Morgan fingerprint density at radius 2 is 2.10 bits per heavy atom. The summed E-state index contributed by atoms with van der Waals surface area (Å²) < 4.78 is 46.4. The highest BCUT2D eigenvalue weighted by Crippen LogP contribution is 2.48. The average Bonchev–Trinajstić information content (AvgIpc) is 2.70. The largest absolute Gasteiger partial charge is 0.487 e. The van der Waals surface area contributed by atoms with Gasteiger partial charge in [-0.2, -0.15) is 13.2 Å². The van der Waals surface area contributed by atoms with Gasteiger partial charge in [0.1, 0.15) is 17.2 Å². The van der Waals surface area contributed by atoms with E-state index in [1.807, 2.05) is 18.2 Å². The van der Waals surface area contributed by atoms with Gasteiger partial charge in [0, 0.05) is 32.1 Å². The summed E-state index contributed by atoms with van der Waals surface area (Å²) >= 11 is 0. The van der Waals surface area contributed by atoms with Crippen LogP contribution in [-0.2, 0) is 23.8 Å². The van der Waals surface area contributed by atoms with Gasteiger partial charge in [-0.25, -0.2) is 4.98 Å². The Bertz CT molecular complexity index is 986. The molecule has 1 aromatic heterocycles. The van der Waals surface area contributed by atoms with Gasteiger partial charge in [0.25, 0.3) is 0 Å². The zero-order valence-corrected chi connectivity index (χ0v) is 17.4. The molecule has 4 rings (SSSR count). The smallest absolute Gasteiger partial charge is 0.419 e. The third kappa shape index (κ3) is 4.20. The second-order valence-electron chi connectivity index (χ2n) is 8.72. The van der Waals surface area contributed by atoms with E-state index in [9.17, 15) is 18.0 Å². The van der Waals surface area contributed by atoms with Crippen LogP contribution < -0.4 is 9.64 Å². The first-order valence-electron chi connectivity index (χ1n) is 10.4.